The van der Waals surface area contributed by atoms with E-state index in [0.717, 1.165) is 11.3 Å². The minimum absolute atomic E-state index is 0.0435. The Labute approximate surface area is 223 Å². The number of ether oxygens (including phenoxy) is 3. The van der Waals surface area contributed by atoms with Gasteiger partial charge in [-0.15, -0.1) is 0 Å². The van der Waals surface area contributed by atoms with Gasteiger partial charge in [0.05, 0.1) is 31.9 Å². The molecular weight excluding hydrogens is 482 g/mol. The molecule has 1 saturated heterocycles. The molecule has 1 amide bonds. The maximum atomic E-state index is 13.3. The molecule has 0 spiro atoms. The van der Waals surface area contributed by atoms with Crippen LogP contribution in [0, 0.1) is 5.92 Å². The maximum absolute atomic E-state index is 13.3. The van der Waals surface area contributed by atoms with Gasteiger partial charge in [-0.05, 0) is 72.5 Å². The standard InChI is InChI=1S/C31H33NO6/c1-5-37-25-12-6-21(7-13-25)18-32-28(22-8-14-24(36-4)15-9-22)27(30(34)31(32)35)29(33)23-10-16-26(17-11-23)38-19-20(2)3/h6-17,20,28,33H,5,18-19H2,1-4H3/b29-27-. The van der Waals surface area contributed by atoms with Crippen molar-refractivity contribution in [2.24, 2.45) is 5.92 Å². The fourth-order valence-electron chi connectivity index (χ4n) is 4.36. The highest BCUT2D eigenvalue weighted by Crippen LogP contribution is 2.41. The van der Waals surface area contributed by atoms with Crippen molar-refractivity contribution in [1.82, 2.24) is 4.90 Å². The number of hydrogen-bond donors (Lipinski definition) is 1. The number of ketones is 1. The number of hydrogen-bond acceptors (Lipinski definition) is 6. The predicted octanol–water partition coefficient (Wildman–Crippen LogP) is 5.75. The van der Waals surface area contributed by atoms with E-state index in [1.807, 2.05) is 31.2 Å². The second-order valence-corrected chi connectivity index (χ2v) is 9.51. The molecule has 1 unspecified atom stereocenters. The van der Waals surface area contributed by atoms with Gasteiger partial charge in [0.25, 0.3) is 11.7 Å². The third kappa shape index (κ3) is 5.83. The summed E-state index contributed by atoms with van der Waals surface area (Å²) in [6.07, 6.45) is 0. The smallest absolute Gasteiger partial charge is 0.295 e. The molecule has 3 aromatic carbocycles. The van der Waals surface area contributed by atoms with E-state index in [9.17, 15) is 14.7 Å². The Morgan fingerprint density at radius 2 is 1.45 bits per heavy atom. The lowest BCUT2D eigenvalue weighted by atomic mass is 9.95. The first-order valence-corrected chi connectivity index (χ1v) is 12.7. The first-order valence-electron chi connectivity index (χ1n) is 12.7. The Morgan fingerprint density at radius 1 is 0.868 bits per heavy atom. The Morgan fingerprint density at radius 3 is 2.03 bits per heavy atom. The highest BCUT2D eigenvalue weighted by molar-refractivity contribution is 6.46. The van der Waals surface area contributed by atoms with Crippen LogP contribution in [0.4, 0.5) is 0 Å². The van der Waals surface area contributed by atoms with E-state index < -0.39 is 17.7 Å². The van der Waals surface area contributed by atoms with Crippen LogP contribution in [0.1, 0.15) is 43.5 Å². The van der Waals surface area contributed by atoms with Gasteiger partial charge >= 0.3 is 0 Å². The van der Waals surface area contributed by atoms with Gasteiger partial charge in [-0.3, -0.25) is 9.59 Å². The summed E-state index contributed by atoms with van der Waals surface area (Å²) in [6, 6.07) is 20.6. The monoisotopic (exact) mass is 515 g/mol. The molecule has 1 atom stereocenters. The summed E-state index contributed by atoms with van der Waals surface area (Å²) in [5.74, 6) is 0.790. The van der Waals surface area contributed by atoms with E-state index in [0.29, 0.717) is 41.8 Å². The lowest BCUT2D eigenvalue weighted by Gasteiger charge is -2.25. The van der Waals surface area contributed by atoms with Crippen LogP contribution in [0.3, 0.4) is 0 Å². The number of Topliss-reactive ketones (excluding diaryl/α,β-unsaturated/α-hetero) is 1. The molecule has 0 bridgehead atoms. The number of carbonyl (C=O) groups is 2. The van der Waals surface area contributed by atoms with E-state index >= 15 is 0 Å². The van der Waals surface area contributed by atoms with Crippen molar-refractivity contribution in [3.63, 3.8) is 0 Å². The van der Waals surface area contributed by atoms with Crippen molar-refractivity contribution in [2.75, 3.05) is 20.3 Å². The lowest BCUT2D eigenvalue weighted by Crippen LogP contribution is -2.29. The zero-order chi connectivity index (χ0) is 27.2. The molecule has 0 aromatic heterocycles. The molecule has 0 radical (unpaired) electrons. The van der Waals surface area contributed by atoms with Crippen molar-refractivity contribution >= 4 is 17.4 Å². The Hall–Kier alpha value is -4.26. The van der Waals surface area contributed by atoms with Crippen molar-refractivity contribution in [1.29, 1.82) is 0 Å². The highest BCUT2D eigenvalue weighted by Gasteiger charge is 2.46. The number of rotatable bonds is 10. The second kappa shape index (κ2) is 11.9. The number of aliphatic hydroxyl groups excluding tert-OH is 1. The molecule has 198 valence electrons. The fraction of sp³-hybridized carbons (Fsp3) is 0.290. The van der Waals surface area contributed by atoms with Gasteiger partial charge in [0, 0.05) is 12.1 Å². The summed E-state index contributed by atoms with van der Waals surface area (Å²) in [5.41, 5.74) is 2.00. The summed E-state index contributed by atoms with van der Waals surface area (Å²) in [5, 5.41) is 11.3. The molecule has 0 aliphatic carbocycles. The summed E-state index contributed by atoms with van der Waals surface area (Å²) in [7, 11) is 1.57. The van der Waals surface area contributed by atoms with Gasteiger partial charge in [0.2, 0.25) is 0 Å². The molecule has 0 saturated carbocycles. The number of aliphatic hydroxyl groups is 1. The van der Waals surface area contributed by atoms with Crippen LogP contribution in [0.15, 0.2) is 78.4 Å². The molecule has 1 N–H and O–H groups in total. The van der Waals surface area contributed by atoms with Crippen molar-refractivity contribution in [3.05, 3.63) is 95.1 Å². The van der Waals surface area contributed by atoms with E-state index in [1.54, 1.807) is 55.6 Å². The van der Waals surface area contributed by atoms with Crippen LogP contribution in [-0.4, -0.2) is 42.0 Å². The zero-order valence-corrected chi connectivity index (χ0v) is 22.1. The van der Waals surface area contributed by atoms with Crippen molar-refractivity contribution < 1.29 is 28.9 Å². The van der Waals surface area contributed by atoms with E-state index in [2.05, 4.69) is 13.8 Å². The molecule has 1 heterocycles. The average Bonchev–Trinajstić information content (AvgIpc) is 3.18. The Kier molecular flexibility index (Phi) is 8.36. The van der Waals surface area contributed by atoms with Gasteiger partial charge < -0.3 is 24.2 Å². The molecule has 7 heteroatoms. The summed E-state index contributed by atoms with van der Waals surface area (Å²) >= 11 is 0. The number of benzene rings is 3. The summed E-state index contributed by atoms with van der Waals surface area (Å²) in [6.45, 7) is 7.34. The van der Waals surface area contributed by atoms with Crippen molar-refractivity contribution in [3.8, 4) is 17.2 Å². The Balaban J connectivity index is 1.72. The van der Waals surface area contributed by atoms with Gasteiger partial charge in [-0.1, -0.05) is 38.1 Å². The quantitative estimate of drug-likeness (QED) is 0.210. The summed E-state index contributed by atoms with van der Waals surface area (Å²) < 4.78 is 16.5. The van der Waals surface area contributed by atoms with Crippen LogP contribution >= 0.6 is 0 Å². The highest BCUT2D eigenvalue weighted by atomic mass is 16.5. The van der Waals surface area contributed by atoms with Crippen LogP contribution in [-0.2, 0) is 16.1 Å². The normalized spacial score (nSPS) is 16.7. The third-order valence-electron chi connectivity index (χ3n) is 6.27. The molecule has 1 fully saturated rings. The Bertz CT molecular complexity index is 1290. The zero-order valence-electron chi connectivity index (χ0n) is 22.1. The minimum atomic E-state index is -0.774. The molecule has 38 heavy (non-hydrogen) atoms. The van der Waals surface area contributed by atoms with Crippen molar-refractivity contribution in [2.45, 2.75) is 33.4 Å². The van der Waals surface area contributed by atoms with Gasteiger partial charge in [0.15, 0.2) is 0 Å². The van der Waals surface area contributed by atoms with Crippen LogP contribution in [0.25, 0.3) is 5.76 Å². The molecule has 1 aliphatic rings. The minimum Gasteiger partial charge on any atom is -0.507 e. The molecule has 7 nitrogen and oxygen atoms in total. The van der Waals surface area contributed by atoms with Gasteiger partial charge in [-0.25, -0.2) is 0 Å². The molecule has 3 aromatic rings. The van der Waals surface area contributed by atoms with Gasteiger partial charge in [-0.2, -0.15) is 0 Å². The number of nitrogens with zero attached hydrogens (tertiary/aromatic N) is 1. The van der Waals surface area contributed by atoms with E-state index in [4.69, 9.17) is 14.2 Å². The lowest BCUT2D eigenvalue weighted by molar-refractivity contribution is -0.140. The number of amides is 1. The second-order valence-electron chi connectivity index (χ2n) is 9.51. The maximum Gasteiger partial charge on any atom is 0.295 e. The molecule has 1 aliphatic heterocycles. The van der Waals surface area contributed by atoms with Crippen LogP contribution < -0.4 is 14.2 Å². The van der Waals surface area contributed by atoms with Crippen LogP contribution in [0.2, 0.25) is 0 Å². The average molecular weight is 516 g/mol. The topological polar surface area (TPSA) is 85.3 Å². The first kappa shape index (κ1) is 26.8. The van der Waals surface area contributed by atoms with Crippen LogP contribution in [0.5, 0.6) is 17.2 Å². The fourth-order valence-corrected chi connectivity index (χ4v) is 4.36. The van der Waals surface area contributed by atoms with E-state index in [1.165, 1.54) is 4.90 Å². The molecular formula is C31H33NO6. The molecule has 4 rings (SSSR count). The summed E-state index contributed by atoms with van der Waals surface area (Å²) in [4.78, 5) is 28.1. The largest absolute Gasteiger partial charge is 0.507 e. The van der Waals surface area contributed by atoms with Gasteiger partial charge in [0.1, 0.15) is 23.0 Å². The number of carbonyl (C=O) groups excluding carboxylic acids is 2. The number of likely N-dealkylation sites (tertiary alicyclic amines) is 1. The predicted molar refractivity (Wildman–Crippen MR) is 145 cm³/mol. The first-order chi connectivity index (χ1) is 18.3. The number of methoxy groups -OCH3 is 1. The third-order valence-corrected chi connectivity index (χ3v) is 6.27. The van der Waals surface area contributed by atoms with E-state index in [-0.39, 0.29) is 17.9 Å². The SMILES string of the molecule is CCOc1ccc(CN2C(=O)C(=O)/C(=C(\O)c3ccc(OCC(C)C)cc3)C2c2ccc(OC)cc2)cc1.